The van der Waals surface area contributed by atoms with Crippen molar-refractivity contribution in [3.63, 3.8) is 0 Å². The molecular weight excluding hydrogens is 367 g/mol. The fraction of sp³-hybridized carbons (Fsp3) is 0.261. The van der Waals surface area contributed by atoms with E-state index in [4.69, 9.17) is 0 Å². The summed E-state index contributed by atoms with van der Waals surface area (Å²) in [6.07, 6.45) is 9.02. The van der Waals surface area contributed by atoms with Crippen molar-refractivity contribution in [2.24, 2.45) is 0 Å². The van der Waals surface area contributed by atoms with E-state index in [0.717, 1.165) is 12.8 Å². The molecule has 0 heterocycles. The summed E-state index contributed by atoms with van der Waals surface area (Å²) < 4.78 is 8.61. The standard InChI is InChI=1S/C18H13.C3H6.2CH3.Zr/c1-2-6-13(5-1)14-9-10-18-16(11-14)12-15-7-3-4-8-17(15)18;1-3-2;;;/h1-5,7-10H,6,12H2;1-2H3;2*1H3;. The Morgan fingerprint density at radius 3 is 2.38 bits per heavy atom. The predicted molar refractivity (Wildman–Crippen MR) is 104 cm³/mol. The van der Waals surface area contributed by atoms with Gasteiger partial charge in [-0.1, -0.05) is 0 Å². The number of allylic oxidation sites excluding steroid dienone is 4. The first-order valence-electron chi connectivity index (χ1n) is 8.91. The molecule has 2 aliphatic rings. The van der Waals surface area contributed by atoms with Gasteiger partial charge in [-0.05, 0) is 0 Å². The average molecular weight is 393 g/mol. The van der Waals surface area contributed by atoms with Crippen LogP contribution in [0.1, 0.15) is 37.0 Å². The number of fused-ring (bicyclic) bond motifs is 3. The van der Waals surface area contributed by atoms with Crippen LogP contribution in [-0.4, -0.2) is 3.21 Å². The van der Waals surface area contributed by atoms with Gasteiger partial charge in [-0.15, -0.1) is 0 Å². The van der Waals surface area contributed by atoms with Gasteiger partial charge in [0.05, 0.1) is 0 Å². The van der Waals surface area contributed by atoms with Crippen LogP contribution in [0.2, 0.25) is 9.26 Å². The zero-order valence-electron chi connectivity index (χ0n) is 15.1. The van der Waals surface area contributed by atoms with Crippen molar-refractivity contribution in [3.8, 4) is 11.1 Å². The van der Waals surface area contributed by atoms with E-state index in [1.54, 1.807) is 12.0 Å². The summed E-state index contributed by atoms with van der Waals surface area (Å²) in [7, 11) is 0. The molecule has 0 unspecified atom stereocenters. The van der Waals surface area contributed by atoms with Crippen molar-refractivity contribution in [1.82, 2.24) is 0 Å². The molecule has 4 rings (SSSR count). The summed E-state index contributed by atoms with van der Waals surface area (Å²) in [5, 5.41) is 0. The summed E-state index contributed by atoms with van der Waals surface area (Å²) in [6, 6.07) is 13.8. The molecule has 0 nitrogen and oxygen atoms in total. The molecule has 0 fully saturated rings. The third-order valence-electron chi connectivity index (χ3n) is 5.98. The molecule has 0 amide bonds. The van der Waals surface area contributed by atoms with Crippen molar-refractivity contribution >= 4 is 12.1 Å². The van der Waals surface area contributed by atoms with Crippen molar-refractivity contribution in [2.75, 3.05) is 0 Å². The second-order valence-corrected chi connectivity index (χ2v) is 19.5. The molecule has 0 aromatic heterocycles. The van der Waals surface area contributed by atoms with E-state index < -0.39 is 19.8 Å². The molecular formula is C23H25Zr. The minimum absolute atomic E-state index is 1.09. The van der Waals surface area contributed by atoms with Crippen LogP contribution in [0.5, 0.6) is 0 Å². The molecule has 2 aromatic rings. The van der Waals surface area contributed by atoms with Crippen LogP contribution in [0.4, 0.5) is 0 Å². The van der Waals surface area contributed by atoms with E-state index in [2.05, 4.69) is 77.7 Å². The second kappa shape index (κ2) is 5.88. The van der Waals surface area contributed by atoms with E-state index in [1.807, 2.05) is 0 Å². The first-order chi connectivity index (χ1) is 11.5. The maximum atomic E-state index is 2.59. The quantitative estimate of drug-likeness (QED) is 0.525. The van der Waals surface area contributed by atoms with Crippen molar-refractivity contribution in [1.29, 1.82) is 0 Å². The molecule has 0 aliphatic heterocycles. The molecule has 121 valence electrons. The predicted octanol–water partition coefficient (Wildman–Crippen LogP) is 5.69. The molecule has 0 atom stereocenters. The Hall–Kier alpha value is -1.33. The molecule has 2 aliphatic carbocycles. The van der Waals surface area contributed by atoms with Crippen LogP contribution in [0.25, 0.3) is 16.7 Å². The Kier molecular flexibility index (Phi) is 3.96. The van der Waals surface area contributed by atoms with Gasteiger partial charge in [0.25, 0.3) is 0 Å². The van der Waals surface area contributed by atoms with Crippen molar-refractivity contribution in [2.45, 2.75) is 36.0 Å². The molecule has 1 heteroatoms. The summed E-state index contributed by atoms with van der Waals surface area (Å²) in [5.74, 6) is 0. The fourth-order valence-electron chi connectivity index (χ4n) is 4.09. The summed E-state index contributed by atoms with van der Waals surface area (Å²) in [6.45, 7) is 4.73. The van der Waals surface area contributed by atoms with Crippen LogP contribution in [0.15, 0.2) is 54.6 Å². The third-order valence-corrected chi connectivity index (χ3v) is 16.6. The van der Waals surface area contributed by atoms with Crippen molar-refractivity contribution < 1.29 is 19.8 Å². The van der Waals surface area contributed by atoms with Gasteiger partial charge in [-0.2, -0.15) is 0 Å². The van der Waals surface area contributed by atoms with Gasteiger partial charge < -0.3 is 0 Å². The molecule has 0 radical (unpaired) electrons. The van der Waals surface area contributed by atoms with Gasteiger partial charge in [-0.3, -0.25) is 0 Å². The summed E-state index contributed by atoms with van der Waals surface area (Å²) in [5.41, 5.74) is 9.11. The molecule has 24 heavy (non-hydrogen) atoms. The molecule has 0 bridgehead atoms. The Balaban J connectivity index is 2.04. The topological polar surface area (TPSA) is 0 Å². The van der Waals surface area contributed by atoms with Crippen molar-refractivity contribution in [3.05, 3.63) is 71.3 Å². The van der Waals surface area contributed by atoms with Crippen LogP contribution in [-0.2, 0) is 26.2 Å². The van der Waals surface area contributed by atoms with Crippen LogP contribution in [0.3, 0.4) is 0 Å². The molecule has 0 saturated carbocycles. The summed E-state index contributed by atoms with van der Waals surface area (Å²) >= 11 is -2.48. The number of benzene rings is 2. The first kappa shape index (κ1) is 16.2. The van der Waals surface area contributed by atoms with E-state index in [0.29, 0.717) is 0 Å². The summed E-state index contributed by atoms with van der Waals surface area (Å²) in [4.78, 5) is 0. The molecule has 0 spiro atoms. The SMILES string of the molecule is C[C](C)=[Zr]([CH3])([CH3])[c]1c(C2=CC=CC2)ccc2c1Cc1ccccc1-2. The molecule has 0 N–H and O–H groups in total. The Morgan fingerprint density at radius 1 is 0.917 bits per heavy atom. The van der Waals surface area contributed by atoms with Gasteiger partial charge in [0.1, 0.15) is 0 Å². The second-order valence-electron chi connectivity index (χ2n) is 7.80. The van der Waals surface area contributed by atoms with Crippen LogP contribution in [0, 0.1) is 0 Å². The Labute approximate surface area is 149 Å². The van der Waals surface area contributed by atoms with Crippen LogP contribution >= 0.6 is 0 Å². The first-order valence-corrected chi connectivity index (χ1v) is 16.3. The zero-order chi connectivity index (χ0) is 16.9. The maximum absolute atomic E-state index is 2.59. The number of rotatable bonds is 2. The fourth-order valence-corrected chi connectivity index (χ4v) is 9.98. The van der Waals surface area contributed by atoms with Gasteiger partial charge in [0.15, 0.2) is 0 Å². The minimum atomic E-state index is -2.48. The average Bonchev–Trinajstić information content (AvgIpc) is 3.21. The van der Waals surface area contributed by atoms with E-state index in [-0.39, 0.29) is 0 Å². The Bertz CT molecular complexity index is 944. The van der Waals surface area contributed by atoms with E-state index in [1.165, 1.54) is 27.8 Å². The van der Waals surface area contributed by atoms with Gasteiger partial charge in [0, 0.05) is 0 Å². The Morgan fingerprint density at radius 2 is 1.67 bits per heavy atom. The van der Waals surface area contributed by atoms with Gasteiger partial charge in [0.2, 0.25) is 0 Å². The van der Waals surface area contributed by atoms with Crippen LogP contribution < -0.4 is 3.27 Å². The number of hydrogen-bond donors (Lipinski definition) is 0. The van der Waals surface area contributed by atoms with Gasteiger partial charge >= 0.3 is 150 Å². The third kappa shape index (κ3) is 2.41. The normalized spacial score (nSPS) is 15.2. The van der Waals surface area contributed by atoms with Gasteiger partial charge in [-0.25, -0.2) is 0 Å². The van der Waals surface area contributed by atoms with E-state index in [9.17, 15) is 0 Å². The number of hydrogen-bond acceptors (Lipinski definition) is 0. The monoisotopic (exact) mass is 391 g/mol. The molecule has 2 aromatic carbocycles. The zero-order valence-corrected chi connectivity index (χ0v) is 17.6. The molecule has 0 saturated heterocycles. The van der Waals surface area contributed by atoms with E-state index >= 15 is 0 Å².